The molecule has 0 aliphatic rings. The Morgan fingerprint density at radius 2 is 2.00 bits per heavy atom. The van der Waals surface area contributed by atoms with Crippen molar-refractivity contribution in [3.8, 4) is 0 Å². The third-order valence-corrected chi connectivity index (χ3v) is 3.14. The molecule has 0 amide bonds. The van der Waals surface area contributed by atoms with E-state index in [0.717, 1.165) is 19.6 Å². The molecule has 1 aromatic heterocycles. The van der Waals surface area contributed by atoms with Gasteiger partial charge < -0.3 is 10.2 Å². The standard InChI is InChI=1S/C16H29N3/c1-6-9-19(14(4)5)16-7-8-17-11-15(16)12-18-10-13(2)3/h7-8,11,13-14,18H,6,9-10,12H2,1-5H3. The van der Waals surface area contributed by atoms with Crippen molar-refractivity contribution in [2.45, 2.75) is 53.6 Å². The Labute approximate surface area is 118 Å². The van der Waals surface area contributed by atoms with Crippen LogP contribution in [0.25, 0.3) is 0 Å². The molecule has 0 saturated carbocycles. The summed E-state index contributed by atoms with van der Waals surface area (Å²) in [6, 6.07) is 2.66. The van der Waals surface area contributed by atoms with Gasteiger partial charge in [-0.15, -0.1) is 0 Å². The number of nitrogens with zero attached hydrogens (tertiary/aromatic N) is 2. The molecule has 0 aromatic carbocycles. The maximum absolute atomic E-state index is 4.28. The molecule has 0 saturated heterocycles. The van der Waals surface area contributed by atoms with E-state index in [-0.39, 0.29) is 0 Å². The van der Waals surface area contributed by atoms with Crippen LogP contribution in [0.15, 0.2) is 18.5 Å². The fourth-order valence-electron chi connectivity index (χ4n) is 2.23. The fraction of sp³-hybridized carbons (Fsp3) is 0.688. The molecular formula is C16H29N3. The van der Waals surface area contributed by atoms with E-state index in [1.807, 2.05) is 12.4 Å². The lowest BCUT2D eigenvalue weighted by Gasteiger charge is -2.30. The molecule has 1 N–H and O–H groups in total. The van der Waals surface area contributed by atoms with Crippen LogP contribution in [-0.4, -0.2) is 24.1 Å². The van der Waals surface area contributed by atoms with E-state index in [0.29, 0.717) is 12.0 Å². The van der Waals surface area contributed by atoms with Gasteiger partial charge in [0.1, 0.15) is 0 Å². The van der Waals surface area contributed by atoms with Crippen LogP contribution in [0.3, 0.4) is 0 Å². The lowest BCUT2D eigenvalue weighted by atomic mass is 10.1. The van der Waals surface area contributed by atoms with Crippen LogP contribution < -0.4 is 10.2 Å². The van der Waals surface area contributed by atoms with Crippen LogP contribution in [0, 0.1) is 5.92 Å². The lowest BCUT2D eigenvalue weighted by Crippen LogP contribution is -2.33. The van der Waals surface area contributed by atoms with Gasteiger partial charge in [0.2, 0.25) is 0 Å². The van der Waals surface area contributed by atoms with Gasteiger partial charge >= 0.3 is 0 Å². The van der Waals surface area contributed by atoms with Gasteiger partial charge in [0.25, 0.3) is 0 Å². The molecule has 0 bridgehead atoms. The summed E-state index contributed by atoms with van der Waals surface area (Å²) in [5.41, 5.74) is 2.62. The monoisotopic (exact) mass is 263 g/mol. The van der Waals surface area contributed by atoms with Gasteiger partial charge in [-0.05, 0) is 38.8 Å². The zero-order chi connectivity index (χ0) is 14.3. The average Bonchev–Trinajstić information content (AvgIpc) is 2.36. The van der Waals surface area contributed by atoms with Crippen LogP contribution in [0.1, 0.15) is 46.6 Å². The molecule has 0 aliphatic heterocycles. The number of rotatable bonds is 8. The second-order valence-corrected chi connectivity index (χ2v) is 5.82. The molecule has 0 fully saturated rings. The van der Waals surface area contributed by atoms with Crippen LogP contribution in [0.4, 0.5) is 5.69 Å². The zero-order valence-corrected chi connectivity index (χ0v) is 13.1. The largest absolute Gasteiger partial charge is 0.369 e. The Morgan fingerprint density at radius 1 is 1.26 bits per heavy atom. The Morgan fingerprint density at radius 3 is 2.58 bits per heavy atom. The highest BCUT2D eigenvalue weighted by molar-refractivity contribution is 5.52. The topological polar surface area (TPSA) is 28.2 Å². The Hall–Kier alpha value is -1.09. The number of hydrogen-bond donors (Lipinski definition) is 1. The highest BCUT2D eigenvalue weighted by atomic mass is 15.2. The van der Waals surface area contributed by atoms with E-state index in [1.165, 1.54) is 17.7 Å². The number of hydrogen-bond acceptors (Lipinski definition) is 3. The molecule has 0 radical (unpaired) electrons. The summed E-state index contributed by atoms with van der Waals surface area (Å²) in [5.74, 6) is 0.678. The van der Waals surface area contributed by atoms with Gasteiger partial charge in [-0.25, -0.2) is 0 Å². The zero-order valence-electron chi connectivity index (χ0n) is 13.1. The SMILES string of the molecule is CCCN(c1ccncc1CNCC(C)C)C(C)C. The predicted octanol–water partition coefficient (Wildman–Crippen LogP) is 3.45. The molecule has 19 heavy (non-hydrogen) atoms. The molecule has 1 aromatic rings. The van der Waals surface area contributed by atoms with Crippen molar-refractivity contribution in [2.75, 3.05) is 18.0 Å². The molecule has 0 aliphatic carbocycles. The molecule has 3 nitrogen and oxygen atoms in total. The molecule has 108 valence electrons. The van der Waals surface area contributed by atoms with Crippen molar-refractivity contribution < 1.29 is 0 Å². The van der Waals surface area contributed by atoms with Crippen molar-refractivity contribution in [2.24, 2.45) is 5.92 Å². The van der Waals surface area contributed by atoms with Crippen molar-refractivity contribution in [3.05, 3.63) is 24.0 Å². The third kappa shape index (κ3) is 5.19. The Kier molecular flexibility index (Phi) is 6.85. The second kappa shape index (κ2) is 8.16. The number of aromatic nitrogens is 1. The van der Waals surface area contributed by atoms with Crippen LogP contribution in [-0.2, 0) is 6.54 Å². The first-order chi connectivity index (χ1) is 9.06. The lowest BCUT2D eigenvalue weighted by molar-refractivity contribution is 0.550. The van der Waals surface area contributed by atoms with Crippen molar-refractivity contribution in [1.82, 2.24) is 10.3 Å². The first kappa shape index (κ1) is 16.0. The molecule has 3 heteroatoms. The Bertz CT molecular complexity index is 361. The fourth-order valence-corrected chi connectivity index (χ4v) is 2.23. The summed E-state index contributed by atoms with van der Waals surface area (Å²) in [5, 5.41) is 3.51. The summed E-state index contributed by atoms with van der Waals surface area (Å²) in [6.07, 6.45) is 5.05. The van der Waals surface area contributed by atoms with Crippen LogP contribution in [0.2, 0.25) is 0 Å². The predicted molar refractivity (Wildman–Crippen MR) is 83.6 cm³/mol. The van der Waals surface area contributed by atoms with Gasteiger partial charge in [0.05, 0.1) is 0 Å². The summed E-state index contributed by atoms with van der Waals surface area (Å²) in [4.78, 5) is 6.74. The van der Waals surface area contributed by atoms with Gasteiger partial charge in [0.15, 0.2) is 0 Å². The molecule has 0 unspecified atom stereocenters. The van der Waals surface area contributed by atoms with E-state index < -0.39 is 0 Å². The minimum atomic E-state index is 0.520. The minimum absolute atomic E-state index is 0.520. The highest BCUT2D eigenvalue weighted by Gasteiger charge is 2.13. The summed E-state index contributed by atoms with van der Waals surface area (Å²) < 4.78 is 0. The average molecular weight is 263 g/mol. The van der Waals surface area contributed by atoms with E-state index in [2.05, 4.69) is 55.9 Å². The summed E-state index contributed by atoms with van der Waals surface area (Å²) >= 11 is 0. The normalized spacial score (nSPS) is 11.3. The van der Waals surface area contributed by atoms with E-state index >= 15 is 0 Å². The highest BCUT2D eigenvalue weighted by Crippen LogP contribution is 2.22. The smallest absolute Gasteiger partial charge is 0.0445 e. The third-order valence-electron chi connectivity index (χ3n) is 3.14. The number of anilines is 1. The van der Waals surface area contributed by atoms with Gasteiger partial charge in [-0.1, -0.05) is 20.8 Å². The molecule has 0 atom stereocenters. The van der Waals surface area contributed by atoms with Gasteiger partial charge in [-0.2, -0.15) is 0 Å². The van der Waals surface area contributed by atoms with Crippen LogP contribution >= 0.6 is 0 Å². The van der Waals surface area contributed by atoms with E-state index in [4.69, 9.17) is 0 Å². The van der Waals surface area contributed by atoms with Crippen molar-refractivity contribution >= 4 is 5.69 Å². The summed E-state index contributed by atoms with van der Waals surface area (Å²) in [6.45, 7) is 14.2. The molecule has 1 heterocycles. The number of nitrogens with one attached hydrogen (secondary N) is 1. The maximum Gasteiger partial charge on any atom is 0.0445 e. The van der Waals surface area contributed by atoms with E-state index in [9.17, 15) is 0 Å². The number of pyridine rings is 1. The van der Waals surface area contributed by atoms with Crippen molar-refractivity contribution in [3.63, 3.8) is 0 Å². The van der Waals surface area contributed by atoms with Gasteiger partial charge in [0, 0.05) is 42.8 Å². The van der Waals surface area contributed by atoms with Crippen LogP contribution in [0.5, 0.6) is 0 Å². The van der Waals surface area contributed by atoms with E-state index in [1.54, 1.807) is 0 Å². The molecule has 0 spiro atoms. The molecular weight excluding hydrogens is 234 g/mol. The van der Waals surface area contributed by atoms with Gasteiger partial charge in [-0.3, -0.25) is 4.98 Å². The maximum atomic E-state index is 4.28. The minimum Gasteiger partial charge on any atom is -0.369 e. The first-order valence-corrected chi connectivity index (χ1v) is 7.46. The quantitative estimate of drug-likeness (QED) is 0.778. The summed E-state index contributed by atoms with van der Waals surface area (Å²) in [7, 11) is 0. The first-order valence-electron chi connectivity index (χ1n) is 7.46. The second-order valence-electron chi connectivity index (χ2n) is 5.82. The Balaban J connectivity index is 2.81. The van der Waals surface area contributed by atoms with Crippen molar-refractivity contribution in [1.29, 1.82) is 0 Å². The molecule has 1 rings (SSSR count).